The van der Waals surface area contributed by atoms with Crippen LogP contribution in [0.15, 0.2) is 66.2 Å². The summed E-state index contributed by atoms with van der Waals surface area (Å²) in [4.78, 5) is 23.7. The van der Waals surface area contributed by atoms with Crippen molar-refractivity contribution in [1.29, 1.82) is 0 Å². The summed E-state index contributed by atoms with van der Waals surface area (Å²) in [5.74, 6) is 0.533. The van der Waals surface area contributed by atoms with Crippen molar-refractivity contribution >= 4 is 23.2 Å². The van der Waals surface area contributed by atoms with Gasteiger partial charge in [0, 0.05) is 31.3 Å². The number of ether oxygens (including phenoxy) is 1. The molecule has 2 aromatic heterocycles. The highest BCUT2D eigenvalue weighted by Crippen LogP contribution is 2.29. The molecule has 0 radical (unpaired) electrons. The molecule has 8 nitrogen and oxygen atoms in total. The fourth-order valence-corrected chi connectivity index (χ4v) is 3.59. The zero-order valence-corrected chi connectivity index (χ0v) is 18.6. The first kappa shape index (κ1) is 23.2. The quantitative estimate of drug-likeness (QED) is 0.564. The molecule has 1 saturated heterocycles. The van der Waals surface area contributed by atoms with Crippen LogP contribution < -0.4 is 15.7 Å². The van der Waals surface area contributed by atoms with Crippen molar-refractivity contribution < 1.29 is 18.3 Å². The van der Waals surface area contributed by atoms with E-state index in [2.05, 4.69) is 31.9 Å². The van der Waals surface area contributed by atoms with Gasteiger partial charge in [-0.25, -0.2) is 18.4 Å². The molecule has 0 unspecified atom stereocenters. The highest BCUT2D eigenvalue weighted by Gasteiger charge is 2.18. The van der Waals surface area contributed by atoms with Crippen LogP contribution in [0.4, 0.5) is 20.4 Å². The number of hydrogen-bond donors (Lipinski definition) is 1. The van der Waals surface area contributed by atoms with E-state index in [9.17, 15) is 13.6 Å². The van der Waals surface area contributed by atoms with Crippen molar-refractivity contribution in [2.24, 2.45) is 4.99 Å². The number of carbonyl (C=O) groups excluding carboxylic acids is 1. The molecule has 3 heterocycles. The first-order chi connectivity index (χ1) is 16.5. The van der Waals surface area contributed by atoms with Gasteiger partial charge in [0.1, 0.15) is 22.8 Å². The summed E-state index contributed by atoms with van der Waals surface area (Å²) in [5, 5.41) is 7.13. The molecule has 0 bridgehead atoms. The van der Waals surface area contributed by atoms with Crippen LogP contribution in [-0.4, -0.2) is 54.0 Å². The van der Waals surface area contributed by atoms with E-state index in [-0.39, 0.29) is 22.5 Å². The Morgan fingerprint density at radius 3 is 2.62 bits per heavy atom. The molecule has 0 atom stereocenters. The standard InChI is InChI=1S/C24H24F2N6O2/c1-16(24(33)29-20-8-5-9-22(28-20)31-12-14-34-15-13-31)32-21(27-2)11-10-19(30-32)17-6-3-4-7-18(17)23(25)26/h3-11,23H,1,12-15H2,2H3,(H,28,29,33). The van der Waals surface area contributed by atoms with Gasteiger partial charge < -0.3 is 15.0 Å². The second kappa shape index (κ2) is 10.3. The second-order valence-electron chi connectivity index (χ2n) is 7.48. The Morgan fingerprint density at radius 2 is 1.88 bits per heavy atom. The van der Waals surface area contributed by atoms with E-state index in [0.717, 1.165) is 5.82 Å². The molecule has 1 amide bonds. The largest absolute Gasteiger partial charge is 0.378 e. The maximum Gasteiger partial charge on any atom is 0.274 e. The Hall–Kier alpha value is -3.92. The molecule has 4 rings (SSSR count). The number of morpholine rings is 1. The van der Waals surface area contributed by atoms with Crippen molar-refractivity contribution in [3.05, 3.63) is 72.2 Å². The maximum absolute atomic E-state index is 13.5. The van der Waals surface area contributed by atoms with Gasteiger partial charge in [0.25, 0.3) is 12.3 Å². The average Bonchev–Trinajstić information content (AvgIpc) is 2.88. The predicted octanol–water partition coefficient (Wildman–Crippen LogP) is 3.36. The minimum absolute atomic E-state index is 0.0319. The van der Waals surface area contributed by atoms with E-state index >= 15 is 0 Å². The molecule has 1 N–H and O–H groups in total. The Labute approximate surface area is 195 Å². The van der Waals surface area contributed by atoms with Gasteiger partial charge in [0.05, 0.1) is 18.9 Å². The number of nitrogens with zero attached hydrogens (tertiary/aromatic N) is 5. The topological polar surface area (TPSA) is 84.6 Å². The Kier molecular flexibility index (Phi) is 7.07. The van der Waals surface area contributed by atoms with Crippen LogP contribution in [0.2, 0.25) is 0 Å². The van der Waals surface area contributed by atoms with Crippen molar-refractivity contribution in [1.82, 2.24) is 14.8 Å². The van der Waals surface area contributed by atoms with Crippen LogP contribution in [-0.2, 0) is 9.53 Å². The maximum atomic E-state index is 13.5. The van der Waals surface area contributed by atoms with Crippen molar-refractivity contribution in [3.8, 4) is 11.3 Å². The van der Waals surface area contributed by atoms with Crippen LogP contribution in [0.3, 0.4) is 0 Å². The van der Waals surface area contributed by atoms with Gasteiger partial charge in [-0.15, -0.1) is 0 Å². The number of benzene rings is 1. The Bertz CT molecular complexity index is 1270. The fraction of sp³-hybridized carbons (Fsp3) is 0.250. The molecule has 0 spiro atoms. The fourth-order valence-electron chi connectivity index (χ4n) is 3.59. The van der Waals surface area contributed by atoms with Crippen molar-refractivity contribution in [2.75, 3.05) is 43.6 Å². The van der Waals surface area contributed by atoms with Crippen LogP contribution in [0.25, 0.3) is 17.0 Å². The minimum Gasteiger partial charge on any atom is -0.378 e. The van der Waals surface area contributed by atoms with Gasteiger partial charge in [-0.3, -0.25) is 9.79 Å². The molecule has 0 saturated carbocycles. The van der Waals surface area contributed by atoms with Gasteiger partial charge in [-0.05, 0) is 24.3 Å². The van der Waals surface area contributed by atoms with E-state index in [1.807, 2.05) is 6.07 Å². The number of nitrogens with one attached hydrogen (secondary N) is 1. The molecule has 1 aliphatic heterocycles. The average molecular weight is 466 g/mol. The Balaban J connectivity index is 1.60. The monoisotopic (exact) mass is 466 g/mol. The summed E-state index contributed by atoms with van der Waals surface area (Å²) in [5.41, 5.74) is 0.692. The molecule has 3 aromatic rings. The molecule has 10 heteroatoms. The molecule has 34 heavy (non-hydrogen) atoms. The number of pyridine rings is 1. The third kappa shape index (κ3) is 5.01. The number of anilines is 2. The van der Waals surface area contributed by atoms with Gasteiger partial charge in [0.2, 0.25) is 0 Å². The molecule has 1 fully saturated rings. The molecule has 1 aromatic carbocycles. The second-order valence-corrected chi connectivity index (χ2v) is 7.48. The molecule has 176 valence electrons. The normalized spacial score (nSPS) is 14.4. The number of halogens is 2. The van der Waals surface area contributed by atoms with E-state index in [0.29, 0.717) is 37.6 Å². The number of aromatic nitrogens is 3. The molecule has 0 aliphatic carbocycles. The van der Waals surface area contributed by atoms with E-state index in [1.54, 1.807) is 49.5 Å². The summed E-state index contributed by atoms with van der Waals surface area (Å²) >= 11 is 0. The molecule has 1 aliphatic rings. The van der Waals surface area contributed by atoms with Gasteiger partial charge in [-0.1, -0.05) is 36.9 Å². The first-order valence-corrected chi connectivity index (χ1v) is 10.7. The smallest absolute Gasteiger partial charge is 0.274 e. The highest BCUT2D eigenvalue weighted by atomic mass is 19.3. The van der Waals surface area contributed by atoms with Crippen molar-refractivity contribution in [2.45, 2.75) is 6.43 Å². The van der Waals surface area contributed by atoms with Crippen LogP contribution >= 0.6 is 0 Å². The lowest BCUT2D eigenvalue weighted by molar-refractivity contribution is -0.111. The van der Waals surface area contributed by atoms with Gasteiger partial charge >= 0.3 is 0 Å². The van der Waals surface area contributed by atoms with Crippen LogP contribution in [0.1, 0.15) is 12.0 Å². The summed E-state index contributed by atoms with van der Waals surface area (Å²) in [6, 6.07) is 14.6. The van der Waals surface area contributed by atoms with Crippen LogP contribution in [0, 0.1) is 0 Å². The first-order valence-electron chi connectivity index (χ1n) is 10.7. The summed E-state index contributed by atoms with van der Waals surface area (Å²) in [7, 11) is 1.54. The molecular weight excluding hydrogens is 442 g/mol. The Morgan fingerprint density at radius 1 is 1.12 bits per heavy atom. The SMILES string of the molecule is C=C(C(=O)Nc1cccc(N2CCOCC2)n1)n1nc(-c2ccccc2C(F)F)ccc1=NC. The van der Waals surface area contributed by atoms with Crippen molar-refractivity contribution in [3.63, 3.8) is 0 Å². The zero-order chi connectivity index (χ0) is 24.1. The lowest BCUT2D eigenvalue weighted by Crippen LogP contribution is -2.36. The number of rotatable bonds is 6. The van der Waals surface area contributed by atoms with E-state index in [4.69, 9.17) is 4.74 Å². The van der Waals surface area contributed by atoms with Crippen LogP contribution in [0.5, 0.6) is 0 Å². The summed E-state index contributed by atoms with van der Waals surface area (Å²) in [6.07, 6.45) is -2.67. The number of hydrogen-bond acceptors (Lipinski definition) is 6. The van der Waals surface area contributed by atoms with E-state index in [1.165, 1.54) is 10.7 Å². The third-order valence-corrected chi connectivity index (χ3v) is 5.34. The lowest BCUT2D eigenvalue weighted by atomic mass is 10.0. The summed E-state index contributed by atoms with van der Waals surface area (Å²) in [6.45, 7) is 6.52. The number of alkyl halides is 2. The lowest BCUT2D eigenvalue weighted by Gasteiger charge is -2.28. The summed E-state index contributed by atoms with van der Waals surface area (Å²) < 4.78 is 33.6. The van der Waals surface area contributed by atoms with Gasteiger partial charge in [0.15, 0.2) is 0 Å². The minimum atomic E-state index is -2.67. The predicted molar refractivity (Wildman–Crippen MR) is 125 cm³/mol. The molecular formula is C24H24F2N6O2. The number of amides is 1. The third-order valence-electron chi connectivity index (χ3n) is 5.34. The van der Waals surface area contributed by atoms with Gasteiger partial charge in [-0.2, -0.15) is 5.10 Å². The zero-order valence-electron chi connectivity index (χ0n) is 18.6. The number of carbonyl (C=O) groups is 1. The van der Waals surface area contributed by atoms with E-state index < -0.39 is 12.3 Å². The highest BCUT2D eigenvalue weighted by molar-refractivity contribution is 6.19.